The van der Waals surface area contributed by atoms with Gasteiger partial charge in [-0.05, 0) is 47.4 Å². The SMILES string of the molecule is Oc1ccc2c(c1)CCN[C@H]2c1ccncc1. The average Bonchev–Trinajstić information content (AvgIpc) is 2.39. The first-order chi connectivity index (χ1) is 8.34. The molecular formula is C14H14N2O. The first kappa shape index (κ1) is 10.3. The van der Waals surface area contributed by atoms with E-state index in [1.165, 1.54) is 16.7 Å². The zero-order chi connectivity index (χ0) is 11.7. The van der Waals surface area contributed by atoms with Gasteiger partial charge in [0.1, 0.15) is 5.75 Å². The van der Waals surface area contributed by atoms with Crippen molar-refractivity contribution in [1.82, 2.24) is 10.3 Å². The van der Waals surface area contributed by atoms with E-state index in [-0.39, 0.29) is 6.04 Å². The first-order valence-electron chi connectivity index (χ1n) is 5.80. The predicted molar refractivity (Wildman–Crippen MR) is 65.9 cm³/mol. The second-order valence-corrected chi connectivity index (χ2v) is 4.30. The lowest BCUT2D eigenvalue weighted by molar-refractivity contribution is 0.471. The van der Waals surface area contributed by atoms with Gasteiger partial charge >= 0.3 is 0 Å². The van der Waals surface area contributed by atoms with Gasteiger partial charge in [0.25, 0.3) is 0 Å². The van der Waals surface area contributed by atoms with E-state index in [9.17, 15) is 5.11 Å². The number of phenolic OH excluding ortho intramolecular Hbond substituents is 1. The van der Waals surface area contributed by atoms with Crippen LogP contribution in [0.25, 0.3) is 0 Å². The molecule has 2 aromatic rings. The lowest BCUT2D eigenvalue weighted by Crippen LogP contribution is -2.30. The molecule has 0 bridgehead atoms. The number of pyridine rings is 1. The molecule has 86 valence electrons. The number of hydrogen-bond acceptors (Lipinski definition) is 3. The highest BCUT2D eigenvalue weighted by Gasteiger charge is 2.21. The molecule has 1 atom stereocenters. The van der Waals surface area contributed by atoms with Crippen molar-refractivity contribution in [3.8, 4) is 5.75 Å². The molecule has 1 aromatic carbocycles. The van der Waals surface area contributed by atoms with Crippen molar-refractivity contribution in [2.24, 2.45) is 0 Å². The van der Waals surface area contributed by atoms with Crippen LogP contribution in [-0.2, 0) is 6.42 Å². The molecule has 17 heavy (non-hydrogen) atoms. The summed E-state index contributed by atoms with van der Waals surface area (Å²) in [6.07, 6.45) is 4.59. The van der Waals surface area contributed by atoms with E-state index in [2.05, 4.69) is 10.3 Å². The smallest absolute Gasteiger partial charge is 0.115 e. The van der Waals surface area contributed by atoms with E-state index in [1.807, 2.05) is 36.7 Å². The van der Waals surface area contributed by atoms with Gasteiger partial charge in [0.15, 0.2) is 0 Å². The molecule has 0 saturated heterocycles. The monoisotopic (exact) mass is 226 g/mol. The van der Waals surface area contributed by atoms with Crippen LogP contribution in [-0.4, -0.2) is 16.6 Å². The summed E-state index contributed by atoms with van der Waals surface area (Å²) in [5.41, 5.74) is 3.69. The molecule has 0 aliphatic carbocycles. The fourth-order valence-corrected chi connectivity index (χ4v) is 2.40. The number of benzene rings is 1. The highest BCUT2D eigenvalue weighted by molar-refractivity contribution is 5.42. The number of nitrogens with one attached hydrogen (secondary N) is 1. The molecule has 3 heteroatoms. The fraction of sp³-hybridized carbons (Fsp3) is 0.214. The normalized spacial score (nSPS) is 18.7. The van der Waals surface area contributed by atoms with Crippen molar-refractivity contribution < 1.29 is 5.11 Å². The summed E-state index contributed by atoms with van der Waals surface area (Å²) < 4.78 is 0. The third-order valence-electron chi connectivity index (χ3n) is 3.22. The van der Waals surface area contributed by atoms with E-state index < -0.39 is 0 Å². The molecule has 1 aromatic heterocycles. The molecule has 2 heterocycles. The Morgan fingerprint density at radius 1 is 1.18 bits per heavy atom. The average molecular weight is 226 g/mol. The lowest BCUT2D eigenvalue weighted by Gasteiger charge is -2.27. The van der Waals surface area contributed by atoms with Gasteiger partial charge in [0, 0.05) is 18.9 Å². The van der Waals surface area contributed by atoms with Crippen molar-refractivity contribution >= 4 is 0 Å². The number of rotatable bonds is 1. The Morgan fingerprint density at radius 3 is 2.82 bits per heavy atom. The zero-order valence-corrected chi connectivity index (χ0v) is 9.43. The van der Waals surface area contributed by atoms with E-state index in [0.29, 0.717) is 5.75 Å². The maximum Gasteiger partial charge on any atom is 0.115 e. The third kappa shape index (κ3) is 1.89. The number of aromatic nitrogens is 1. The summed E-state index contributed by atoms with van der Waals surface area (Å²) in [5, 5.41) is 13.0. The largest absolute Gasteiger partial charge is 0.508 e. The molecular weight excluding hydrogens is 212 g/mol. The van der Waals surface area contributed by atoms with Crippen molar-refractivity contribution in [3.05, 3.63) is 59.4 Å². The van der Waals surface area contributed by atoms with Crippen LogP contribution in [0.5, 0.6) is 5.75 Å². The molecule has 0 spiro atoms. The van der Waals surface area contributed by atoms with Crippen LogP contribution in [0.1, 0.15) is 22.7 Å². The van der Waals surface area contributed by atoms with E-state index in [1.54, 1.807) is 6.07 Å². The standard InChI is InChI=1S/C14H14N2O/c17-12-1-2-13-11(9-12)5-8-16-14(13)10-3-6-15-7-4-10/h1-4,6-7,9,14,16-17H,5,8H2/t14-/m0/s1. The number of phenols is 1. The Balaban J connectivity index is 2.06. The van der Waals surface area contributed by atoms with E-state index in [0.717, 1.165) is 13.0 Å². The van der Waals surface area contributed by atoms with Crippen molar-refractivity contribution in [2.75, 3.05) is 6.54 Å². The van der Waals surface area contributed by atoms with Crippen molar-refractivity contribution in [1.29, 1.82) is 0 Å². The second kappa shape index (κ2) is 4.18. The first-order valence-corrected chi connectivity index (χ1v) is 5.80. The summed E-state index contributed by atoms with van der Waals surface area (Å²) in [7, 11) is 0. The van der Waals surface area contributed by atoms with Gasteiger partial charge in [-0.15, -0.1) is 0 Å². The highest BCUT2D eigenvalue weighted by atomic mass is 16.3. The molecule has 0 amide bonds. The van der Waals surface area contributed by atoms with Crippen molar-refractivity contribution in [3.63, 3.8) is 0 Å². The van der Waals surface area contributed by atoms with Crippen LogP contribution in [0.2, 0.25) is 0 Å². The summed E-state index contributed by atoms with van der Waals surface area (Å²) in [6, 6.07) is 9.88. The molecule has 0 fully saturated rings. The molecule has 1 aliphatic heterocycles. The summed E-state index contributed by atoms with van der Waals surface area (Å²) >= 11 is 0. The minimum Gasteiger partial charge on any atom is -0.508 e. The van der Waals surface area contributed by atoms with Gasteiger partial charge in [-0.2, -0.15) is 0 Å². The topological polar surface area (TPSA) is 45.1 Å². The van der Waals surface area contributed by atoms with E-state index in [4.69, 9.17) is 0 Å². The quantitative estimate of drug-likeness (QED) is 0.782. The number of aromatic hydroxyl groups is 1. The van der Waals surface area contributed by atoms with Gasteiger partial charge in [0.2, 0.25) is 0 Å². The van der Waals surface area contributed by atoms with E-state index >= 15 is 0 Å². The Morgan fingerprint density at radius 2 is 2.00 bits per heavy atom. The summed E-state index contributed by atoms with van der Waals surface area (Å²) in [6.45, 7) is 0.934. The minimum absolute atomic E-state index is 0.211. The zero-order valence-electron chi connectivity index (χ0n) is 9.43. The minimum atomic E-state index is 0.211. The van der Waals surface area contributed by atoms with Crippen LogP contribution in [0, 0.1) is 0 Å². The molecule has 2 N–H and O–H groups in total. The van der Waals surface area contributed by atoms with Gasteiger partial charge in [-0.3, -0.25) is 4.98 Å². The summed E-state index contributed by atoms with van der Waals surface area (Å²) in [4.78, 5) is 4.04. The third-order valence-corrected chi connectivity index (χ3v) is 3.22. The fourth-order valence-electron chi connectivity index (χ4n) is 2.40. The van der Waals surface area contributed by atoms with Gasteiger partial charge in [0.05, 0.1) is 6.04 Å². The van der Waals surface area contributed by atoms with Crippen LogP contribution >= 0.6 is 0 Å². The molecule has 3 nitrogen and oxygen atoms in total. The Bertz CT molecular complexity index is 525. The van der Waals surface area contributed by atoms with Crippen LogP contribution in [0.3, 0.4) is 0 Å². The van der Waals surface area contributed by atoms with Gasteiger partial charge in [-0.25, -0.2) is 0 Å². The molecule has 0 unspecified atom stereocenters. The maximum absolute atomic E-state index is 9.51. The van der Waals surface area contributed by atoms with Crippen LogP contribution < -0.4 is 5.32 Å². The Hall–Kier alpha value is -1.87. The number of hydrogen-bond donors (Lipinski definition) is 2. The molecule has 0 radical (unpaired) electrons. The predicted octanol–water partition coefficient (Wildman–Crippen LogP) is 2.02. The van der Waals surface area contributed by atoms with Gasteiger partial charge < -0.3 is 10.4 Å². The number of fused-ring (bicyclic) bond motifs is 1. The number of nitrogens with zero attached hydrogens (tertiary/aromatic N) is 1. The highest BCUT2D eigenvalue weighted by Crippen LogP contribution is 2.30. The van der Waals surface area contributed by atoms with Gasteiger partial charge in [-0.1, -0.05) is 6.07 Å². The summed E-state index contributed by atoms with van der Waals surface area (Å²) in [5.74, 6) is 0.346. The second-order valence-electron chi connectivity index (χ2n) is 4.30. The van der Waals surface area contributed by atoms with Crippen molar-refractivity contribution in [2.45, 2.75) is 12.5 Å². The molecule has 0 saturated carbocycles. The molecule has 3 rings (SSSR count). The Kier molecular flexibility index (Phi) is 2.53. The lowest BCUT2D eigenvalue weighted by atomic mass is 9.90. The van der Waals surface area contributed by atoms with Crippen LogP contribution in [0.4, 0.5) is 0 Å². The maximum atomic E-state index is 9.51. The molecule has 1 aliphatic rings. The Labute approximate surface area is 100 Å². The van der Waals surface area contributed by atoms with Crippen LogP contribution in [0.15, 0.2) is 42.7 Å².